The summed E-state index contributed by atoms with van der Waals surface area (Å²) in [7, 11) is 0. The molecule has 15 heavy (non-hydrogen) atoms. The molecule has 0 amide bonds. The van der Waals surface area contributed by atoms with Crippen LogP contribution in [0.1, 0.15) is 29.9 Å². The Hall–Kier alpha value is -1.19. The molecule has 1 fully saturated rings. The quantitative estimate of drug-likeness (QED) is 0.731. The van der Waals surface area contributed by atoms with Gasteiger partial charge in [0.15, 0.2) is 0 Å². The van der Waals surface area contributed by atoms with Crippen LogP contribution < -0.4 is 4.74 Å². The van der Waals surface area contributed by atoms with Crippen molar-refractivity contribution in [3.8, 4) is 5.75 Å². The van der Waals surface area contributed by atoms with Crippen molar-refractivity contribution in [2.45, 2.75) is 32.0 Å². The molecule has 0 aliphatic heterocycles. The van der Waals surface area contributed by atoms with Gasteiger partial charge in [-0.05, 0) is 37.3 Å². The lowest BCUT2D eigenvalue weighted by Gasteiger charge is -2.13. The maximum atomic E-state index is 12.1. The highest BCUT2D eigenvalue weighted by Gasteiger charge is 2.34. The Labute approximate surface area is 85.9 Å². The summed E-state index contributed by atoms with van der Waals surface area (Å²) >= 11 is 0. The molecule has 2 rings (SSSR count). The number of halogens is 3. The summed E-state index contributed by atoms with van der Waals surface area (Å²) in [6.45, 7) is 1.86. The van der Waals surface area contributed by atoms with Crippen molar-refractivity contribution >= 4 is 0 Å². The smallest absolute Gasteiger partial charge is 0.405 e. The minimum Gasteiger partial charge on any atom is -0.405 e. The van der Waals surface area contributed by atoms with Crippen molar-refractivity contribution in [1.82, 2.24) is 0 Å². The molecule has 0 spiro atoms. The average Bonchev–Trinajstić information content (AvgIpc) is 2.88. The third-order valence-corrected chi connectivity index (χ3v) is 2.41. The van der Waals surface area contributed by atoms with E-state index in [4.69, 9.17) is 0 Å². The Morgan fingerprint density at radius 3 is 2.47 bits per heavy atom. The van der Waals surface area contributed by atoms with Crippen LogP contribution in [0.25, 0.3) is 0 Å². The summed E-state index contributed by atoms with van der Waals surface area (Å²) < 4.78 is 40.2. The topological polar surface area (TPSA) is 9.23 Å². The van der Waals surface area contributed by atoms with Crippen LogP contribution in [0.5, 0.6) is 5.75 Å². The lowest BCUT2D eigenvalue weighted by molar-refractivity contribution is -0.274. The third kappa shape index (κ3) is 2.64. The molecule has 1 aromatic rings. The fourth-order valence-electron chi connectivity index (χ4n) is 1.60. The molecule has 0 atom stereocenters. The molecule has 1 saturated carbocycles. The highest BCUT2D eigenvalue weighted by atomic mass is 19.4. The Morgan fingerprint density at radius 2 is 1.93 bits per heavy atom. The zero-order chi connectivity index (χ0) is 11.1. The molecule has 4 heteroatoms. The van der Waals surface area contributed by atoms with Gasteiger partial charge in [-0.1, -0.05) is 17.7 Å². The van der Waals surface area contributed by atoms with Gasteiger partial charge in [-0.3, -0.25) is 0 Å². The highest BCUT2D eigenvalue weighted by Crippen LogP contribution is 2.45. The first-order chi connectivity index (χ1) is 6.96. The van der Waals surface area contributed by atoms with E-state index in [1.54, 1.807) is 12.1 Å². The normalized spacial score (nSPS) is 16.5. The SMILES string of the molecule is Cc1ccc(OC(F)(F)F)c(C2CC2)c1. The van der Waals surface area contributed by atoms with Crippen molar-refractivity contribution in [2.24, 2.45) is 0 Å². The second-order valence-electron chi connectivity index (χ2n) is 3.86. The average molecular weight is 216 g/mol. The van der Waals surface area contributed by atoms with Crippen molar-refractivity contribution in [1.29, 1.82) is 0 Å². The molecule has 1 aliphatic rings. The summed E-state index contributed by atoms with van der Waals surface area (Å²) in [6, 6.07) is 4.81. The fourth-order valence-corrected chi connectivity index (χ4v) is 1.60. The number of aryl methyl sites for hydroxylation is 1. The molecule has 82 valence electrons. The van der Waals surface area contributed by atoms with Gasteiger partial charge in [0.05, 0.1) is 0 Å². The van der Waals surface area contributed by atoms with Gasteiger partial charge in [-0.2, -0.15) is 0 Å². The van der Waals surface area contributed by atoms with Gasteiger partial charge in [-0.25, -0.2) is 0 Å². The molecule has 1 aliphatic carbocycles. The zero-order valence-electron chi connectivity index (χ0n) is 8.27. The van der Waals surface area contributed by atoms with Crippen LogP contribution in [0.2, 0.25) is 0 Å². The van der Waals surface area contributed by atoms with E-state index in [1.807, 2.05) is 6.92 Å². The molecule has 1 aromatic carbocycles. The van der Waals surface area contributed by atoms with E-state index in [9.17, 15) is 13.2 Å². The highest BCUT2D eigenvalue weighted by molar-refractivity contribution is 5.41. The first kappa shape index (κ1) is 10.3. The van der Waals surface area contributed by atoms with Crippen molar-refractivity contribution in [2.75, 3.05) is 0 Å². The summed E-state index contributed by atoms with van der Waals surface area (Å²) in [5.74, 6) is 0.206. The van der Waals surface area contributed by atoms with E-state index in [1.165, 1.54) is 6.07 Å². The monoisotopic (exact) mass is 216 g/mol. The number of ether oxygens (including phenoxy) is 1. The predicted molar refractivity (Wildman–Crippen MR) is 49.8 cm³/mol. The molecular weight excluding hydrogens is 205 g/mol. The number of benzene rings is 1. The number of alkyl halides is 3. The van der Waals surface area contributed by atoms with E-state index < -0.39 is 6.36 Å². The van der Waals surface area contributed by atoms with Gasteiger partial charge < -0.3 is 4.74 Å². The number of hydrogen-bond acceptors (Lipinski definition) is 1. The van der Waals surface area contributed by atoms with Crippen molar-refractivity contribution < 1.29 is 17.9 Å². The van der Waals surface area contributed by atoms with Crippen LogP contribution >= 0.6 is 0 Å². The molecule has 0 heterocycles. The van der Waals surface area contributed by atoms with Gasteiger partial charge in [0.2, 0.25) is 0 Å². The van der Waals surface area contributed by atoms with Crippen LogP contribution in [0, 0.1) is 6.92 Å². The molecule has 0 bridgehead atoms. The van der Waals surface area contributed by atoms with Gasteiger partial charge >= 0.3 is 6.36 Å². The van der Waals surface area contributed by atoms with Crippen LogP contribution in [-0.2, 0) is 0 Å². The molecule has 0 N–H and O–H groups in total. The summed E-state index contributed by atoms with van der Waals surface area (Å²) in [5.41, 5.74) is 1.65. The zero-order valence-corrected chi connectivity index (χ0v) is 8.27. The first-order valence-corrected chi connectivity index (χ1v) is 4.82. The van der Waals surface area contributed by atoms with Gasteiger partial charge in [0, 0.05) is 0 Å². The fraction of sp³-hybridized carbons (Fsp3) is 0.455. The lowest BCUT2D eigenvalue weighted by atomic mass is 10.1. The molecular formula is C11H11F3O. The Balaban J connectivity index is 2.29. The minimum atomic E-state index is -4.60. The molecule has 0 aromatic heterocycles. The maximum absolute atomic E-state index is 12.1. The van der Waals surface area contributed by atoms with E-state index in [-0.39, 0.29) is 11.7 Å². The van der Waals surface area contributed by atoms with Crippen molar-refractivity contribution in [3.05, 3.63) is 29.3 Å². The standard InChI is InChI=1S/C11H11F3O/c1-7-2-5-10(15-11(12,13)14)9(6-7)8-3-4-8/h2,5-6,8H,3-4H2,1H3. The Bertz CT molecular complexity index is 367. The molecule has 0 saturated heterocycles. The van der Waals surface area contributed by atoms with Crippen LogP contribution in [-0.4, -0.2) is 6.36 Å². The third-order valence-electron chi connectivity index (χ3n) is 2.41. The van der Waals surface area contributed by atoms with Crippen LogP contribution in [0.4, 0.5) is 13.2 Å². The van der Waals surface area contributed by atoms with Gasteiger partial charge in [0.25, 0.3) is 0 Å². The largest absolute Gasteiger partial charge is 0.573 e. The second-order valence-corrected chi connectivity index (χ2v) is 3.86. The molecule has 1 nitrogen and oxygen atoms in total. The number of hydrogen-bond donors (Lipinski definition) is 0. The predicted octanol–water partition coefficient (Wildman–Crippen LogP) is 3.77. The summed E-state index contributed by atoms with van der Waals surface area (Å²) in [4.78, 5) is 0. The van der Waals surface area contributed by atoms with Crippen molar-refractivity contribution in [3.63, 3.8) is 0 Å². The summed E-state index contributed by atoms with van der Waals surface area (Å²) in [5, 5.41) is 0. The van der Waals surface area contributed by atoms with Gasteiger partial charge in [-0.15, -0.1) is 13.2 Å². The van der Waals surface area contributed by atoms with E-state index in [0.29, 0.717) is 5.56 Å². The summed E-state index contributed by atoms with van der Waals surface area (Å²) in [6.07, 6.45) is -2.69. The molecule has 0 unspecified atom stereocenters. The van der Waals surface area contributed by atoms with E-state index in [2.05, 4.69) is 4.74 Å². The Kier molecular flexibility index (Phi) is 2.37. The Morgan fingerprint density at radius 1 is 1.27 bits per heavy atom. The minimum absolute atomic E-state index is 0.0457. The lowest BCUT2D eigenvalue weighted by Crippen LogP contribution is -2.18. The maximum Gasteiger partial charge on any atom is 0.573 e. The van der Waals surface area contributed by atoms with Gasteiger partial charge in [0.1, 0.15) is 5.75 Å². The molecule has 0 radical (unpaired) electrons. The van der Waals surface area contributed by atoms with Crippen LogP contribution in [0.15, 0.2) is 18.2 Å². The van der Waals surface area contributed by atoms with E-state index in [0.717, 1.165) is 18.4 Å². The van der Waals surface area contributed by atoms with Crippen LogP contribution in [0.3, 0.4) is 0 Å². The van der Waals surface area contributed by atoms with E-state index >= 15 is 0 Å². The number of rotatable bonds is 2. The second kappa shape index (κ2) is 3.43. The first-order valence-electron chi connectivity index (χ1n) is 4.82.